The summed E-state index contributed by atoms with van der Waals surface area (Å²) in [5, 5.41) is 25.6. The molecule has 0 saturated carbocycles. The van der Waals surface area contributed by atoms with Gasteiger partial charge in [-0.1, -0.05) is 10.2 Å². The second kappa shape index (κ2) is 11.6. The number of hydrogen-bond acceptors (Lipinski definition) is 6. The van der Waals surface area contributed by atoms with E-state index < -0.39 is 24.0 Å². The highest BCUT2D eigenvalue weighted by Crippen LogP contribution is 2.19. The number of carbonyl (C=O) groups is 3. The lowest BCUT2D eigenvalue weighted by Crippen LogP contribution is -2.25. The molecule has 33 heavy (non-hydrogen) atoms. The highest BCUT2D eigenvalue weighted by Gasteiger charge is 2.38. The predicted molar refractivity (Wildman–Crippen MR) is 103 cm³/mol. The monoisotopic (exact) mass is 469 g/mol. The van der Waals surface area contributed by atoms with Crippen molar-refractivity contribution in [3.05, 3.63) is 67.9 Å². The first kappa shape index (κ1) is 26.3. The number of carboxylic acid groups (broad SMARTS) is 2. The van der Waals surface area contributed by atoms with Gasteiger partial charge >= 0.3 is 18.1 Å². The van der Waals surface area contributed by atoms with E-state index in [1.54, 1.807) is 0 Å². The van der Waals surface area contributed by atoms with Crippen molar-refractivity contribution in [3.8, 4) is 0 Å². The first-order valence-corrected chi connectivity index (χ1v) is 8.42. The number of halogens is 3. The van der Waals surface area contributed by atoms with Crippen LogP contribution in [-0.2, 0) is 24.9 Å². The number of imidazole rings is 1. The Hall–Kier alpha value is -4.75. The second-order valence-electron chi connectivity index (χ2n) is 5.88. The van der Waals surface area contributed by atoms with E-state index in [1.165, 1.54) is 36.0 Å². The SMILES string of the molecule is Cn1c(C(=O)O)cnc1CNC(=O)c1cc(CN=[N+]=[N-])cc(N=[N+]=[N-])c1.O=C(O)C(F)(F)F. The first-order chi connectivity index (χ1) is 15.4. The maximum atomic E-state index is 12.3. The summed E-state index contributed by atoms with van der Waals surface area (Å²) in [5.41, 5.74) is 17.9. The lowest BCUT2D eigenvalue weighted by Gasteiger charge is -2.08. The molecule has 0 aliphatic heterocycles. The van der Waals surface area contributed by atoms with Gasteiger partial charge in [-0.25, -0.2) is 14.6 Å². The largest absolute Gasteiger partial charge is 0.490 e. The summed E-state index contributed by atoms with van der Waals surface area (Å²) in [6.07, 6.45) is -3.88. The number of alkyl halides is 3. The highest BCUT2D eigenvalue weighted by atomic mass is 19.4. The zero-order valence-electron chi connectivity index (χ0n) is 16.6. The minimum absolute atomic E-state index is 0.0000402. The molecule has 14 nitrogen and oxygen atoms in total. The van der Waals surface area contributed by atoms with Gasteiger partial charge in [0.2, 0.25) is 0 Å². The van der Waals surface area contributed by atoms with Crippen LogP contribution in [0.15, 0.2) is 34.6 Å². The Morgan fingerprint density at radius 3 is 2.30 bits per heavy atom. The number of aromatic nitrogens is 2. The third kappa shape index (κ3) is 8.12. The number of carbonyl (C=O) groups excluding carboxylic acids is 1. The number of rotatable bonds is 7. The standard InChI is InChI=1S/C14H13N9O3.C2HF3O2/c1-23-11(14(25)26)6-17-12(23)7-18-13(24)9-2-8(5-19-21-15)3-10(4-9)20-22-16;3-2(4,5)1(6)7/h2-4,6H,5,7H2,1H3,(H,18,24)(H,25,26);(H,6,7). The van der Waals surface area contributed by atoms with E-state index in [4.69, 9.17) is 26.1 Å². The van der Waals surface area contributed by atoms with Crippen LogP contribution in [0.5, 0.6) is 0 Å². The minimum Gasteiger partial charge on any atom is -0.477 e. The van der Waals surface area contributed by atoms with Gasteiger partial charge in [-0.2, -0.15) is 13.2 Å². The smallest absolute Gasteiger partial charge is 0.477 e. The van der Waals surface area contributed by atoms with E-state index >= 15 is 0 Å². The molecule has 17 heteroatoms. The summed E-state index contributed by atoms with van der Waals surface area (Å²) in [6.45, 7) is -0.00700. The van der Waals surface area contributed by atoms with Crippen molar-refractivity contribution in [1.82, 2.24) is 14.9 Å². The third-order valence-corrected chi connectivity index (χ3v) is 3.67. The van der Waals surface area contributed by atoms with E-state index in [0.717, 1.165) is 0 Å². The quantitative estimate of drug-likeness (QED) is 0.313. The van der Waals surface area contributed by atoms with Crippen LogP contribution in [0.2, 0.25) is 0 Å². The van der Waals surface area contributed by atoms with Gasteiger partial charge in [-0.05, 0) is 34.8 Å². The zero-order chi connectivity index (χ0) is 25.2. The van der Waals surface area contributed by atoms with E-state index in [9.17, 15) is 22.8 Å². The predicted octanol–water partition coefficient (Wildman–Crippen LogP) is 3.43. The summed E-state index contributed by atoms with van der Waals surface area (Å²) < 4.78 is 33.1. The van der Waals surface area contributed by atoms with Gasteiger partial charge in [-0.15, -0.1) is 0 Å². The third-order valence-electron chi connectivity index (χ3n) is 3.67. The Morgan fingerprint density at radius 1 is 1.18 bits per heavy atom. The Kier molecular flexibility index (Phi) is 9.23. The molecule has 3 N–H and O–H groups in total. The Balaban J connectivity index is 0.000000675. The van der Waals surface area contributed by atoms with Crippen molar-refractivity contribution < 1.29 is 37.8 Å². The van der Waals surface area contributed by atoms with Crippen molar-refractivity contribution >= 4 is 23.5 Å². The topological polar surface area (TPSA) is 219 Å². The normalized spacial score (nSPS) is 10.1. The van der Waals surface area contributed by atoms with Crippen LogP contribution in [0.1, 0.15) is 32.2 Å². The molecule has 1 aromatic carbocycles. The number of hydrogen-bond donors (Lipinski definition) is 3. The number of amides is 1. The van der Waals surface area contributed by atoms with Crippen LogP contribution in [-0.4, -0.2) is 43.8 Å². The maximum absolute atomic E-state index is 12.3. The van der Waals surface area contributed by atoms with Crippen molar-refractivity contribution in [2.45, 2.75) is 19.3 Å². The van der Waals surface area contributed by atoms with E-state index in [-0.39, 0.29) is 30.0 Å². The van der Waals surface area contributed by atoms with Crippen LogP contribution in [0.3, 0.4) is 0 Å². The van der Waals surface area contributed by atoms with Crippen LogP contribution >= 0.6 is 0 Å². The molecule has 0 spiro atoms. The molecule has 174 valence electrons. The highest BCUT2D eigenvalue weighted by molar-refractivity contribution is 5.95. The summed E-state index contributed by atoms with van der Waals surface area (Å²) in [7, 11) is 1.53. The molecular formula is C16H14F3N9O5. The maximum Gasteiger partial charge on any atom is 0.490 e. The number of carboxylic acids is 2. The van der Waals surface area contributed by atoms with Gasteiger partial charge < -0.3 is 20.1 Å². The lowest BCUT2D eigenvalue weighted by molar-refractivity contribution is -0.192. The van der Waals surface area contributed by atoms with Crippen LogP contribution < -0.4 is 5.32 Å². The average molecular weight is 469 g/mol. The molecule has 0 saturated heterocycles. The summed E-state index contributed by atoms with van der Waals surface area (Å²) in [4.78, 5) is 41.5. The zero-order valence-corrected chi connectivity index (χ0v) is 16.6. The number of aromatic carboxylic acids is 1. The Bertz CT molecular complexity index is 1150. The van der Waals surface area contributed by atoms with Gasteiger partial charge in [0.1, 0.15) is 11.5 Å². The molecule has 0 unspecified atom stereocenters. The number of aliphatic carboxylic acids is 1. The average Bonchev–Trinajstić information content (AvgIpc) is 3.11. The molecule has 0 bridgehead atoms. The number of nitrogens with zero attached hydrogens (tertiary/aromatic N) is 8. The molecule has 0 radical (unpaired) electrons. The molecule has 2 rings (SSSR count). The molecular weight excluding hydrogens is 455 g/mol. The molecule has 0 aliphatic rings. The fraction of sp³-hybridized carbons (Fsp3) is 0.250. The molecule has 2 aromatic rings. The van der Waals surface area contributed by atoms with Gasteiger partial charge in [0.15, 0.2) is 0 Å². The molecule has 0 fully saturated rings. The molecule has 1 amide bonds. The molecule has 0 atom stereocenters. The van der Waals surface area contributed by atoms with Crippen molar-refractivity contribution in [1.29, 1.82) is 0 Å². The van der Waals surface area contributed by atoms with Crippen LogP contribution in [0, 0.1) is 0 Å². The number of azide groups is 2. The van der Waals surface area contributed by atoms with Crippen molar-refractivity contribution in [2.24, 2.45) is 17.3 Å². The number of benzene rings is 1. The molecule has 1 heterocycles. The minimum atomic E-state index is -5.08. The van der Waals surface area contributed by atoms with Gasteiger partial charge in [0, 0.05) is 28.1 Å². The summed E-state index contributed by atoms with van der Waals surface area (Å²) in [5.74, 6) is -4.01. The Morgan fingerprint density at radius 2 is 1.82 bits per heavy atom. The van der Waals surface area contributed by atoms with E-state index in [0.29, 0.717) is 11.4 Å². The van der Waals surface area contributed by atoms with Gasteiger partial charge in [0.25, 0.3) is 5.91 Å². The van der Waals surface area contributed by atoms with Gasteiger partial charge in [-0.3, -0.25) is 4.79 Å². The summed E-state index contributed by atoms with van der Waals surface area (Å²) >= 11 is 0. The van der Waals surface area contributed by atoms with Gasteiger partial charge in [0.05, 0.1) is 19.3 Å². The summed E-state index contributed by atoms with van der Waals surface area (Å²) in [6, 6.07) is 4.39. The molecule has 0 aliphatic carbocycles. The first-order valence-electron chi connectivity index (χ1n) is 8.42. The van der Waals surface area contributed by atoms with E-state index in [2.05, 4.69) is 30.4 Å². The van der Waals surface area contributed by atoms with Crippen molar-refractivity contribution in [3.63, 3.8) is 0 Å². The van der Waals surface area contributed by atoms with Crippen LogP contribution in [0.4, 0.5) is 18.9 Å². The van der Waals surface area contributed by atoms with Crippen molar-refractivity contribution in [2.75, 3.05) is 0 Å². The van der Waals surface area contributed by atoms with E-state index in [1.807, 2.05) is 0 Å². The molecule has 1 aromatic heterocycles. The fourth-order valence-corrected chi connectivity index (χ4v) is 2.19. The Labute approximate surface area is 181 Å². The van der Waals surface area contributed by atoms with Crippen LogP contribution in [0.25, 0.3) is 20.9 Å². The fourth-order valence-electron chi connectivity index (χ4n) is 2.19. The lowest BCUT2D eigenvalue weighted by atomic mass is 10.1. The second-order valence-corrected chi connectivity index (χ2v) is 5.88. The number of nitrogens with one attached hydrogen (secondary N) is 1.